The number of hydrogen-bond acceptors (Lipinski definition) is 6. The van der Waals surface area contributed by atoms with Crippen molar-refractivity contribution < 1.29 is 24.4 Å². The van der Waals surface area contributed by atoms with E-state index in [9.17, 15) is 24.8 Å². The monoisotopic (exact) mass is 356 g/mol. The molecule has 26 heavy (non-hydrogen) atoms. The number of ketones is 1. The summed E-state index contributed by atoms with van der Waals surface area (Å²) in [5.41, 5.74) is 0.524. The number of anilines is 1. The van der Waals surface area contributed by atoms with Gasteiger partial charge in [-0.05, 0) is 36.8 Å². The van der Waals surface area contributed by atoms with Crippen LogP contribution in [0.3, 0.4) is 0 Å². The lowest BCUT2D eigenvalue weighted by atomic mass is 10.1. The summed E-state index contributed by atoms with van der Waals surface area (Å²) in [6.07, 6.45) is 0.933. The molecule has 2 aromatic rings. The Morgan fingerprint density at radius 1 is 1.19 bits per heavy atom. The number of carboxylic acids is 1. The first-order valence-corrected chi connectivity index (χ1v) is 7.47. The van der Waals surface area contributed by atoms with Crippen molar-refractivity contribution in [2.24, 2.45) is 0 Å². The molecule has 8 nitrogen and oxygen atoms in total. The van der Waals surface area contributed by atoms with E-state index >= 15 is 0 Å². The first-order chi connectivity index (χ1) is 12.3. The number of methoxy groups -OCH3 is 1. The number of aliphatic carboxylic acids is 1. The largest absolute Gasteiger partial charge is 0.497 e. The van der Waals surface area contributed by atoms with Crippen molar-refractivity contribution in [2.45, 2.75) is 6.92 Å². The number of nitrogens with zero attached hydrogens (tertiary/aromatic N) is 1. The molecule has 0 fully saturated rings. The Hall–Kier alpha value is -3.68. The van der Waals surface area contributed by atoms with E-state index in [1.807, 2.05) is 0 Å². The van der Waals surface area contributed by atoms with Gasteiger partial charge in [0.15, 0.2) is 5.78 Å². The highest BCUT2D eigenvalue weighted by Crippen LogP contribution is 2.23. The zero-order valence-electron chi connectivity index (χ0n) is 14.1. The second-order valence-electron chi connectivity index (χ2n) is 5.34. The summed E-state index contributed by atoms with van der Waals surface area (Å²) in [6.45, 7) is 1.66. The molecule has 0 atom stereocenters. The molecular weight excluding hydrogens is 340 g/mol. The van der Waals surface area contributed by atoms with Crippen LogP contribution in [0.15, 0.2) is 54.2 Å². The fourth-order valence-corrected chi connectivity index (χ4v) is 2.12. The molecule has 0 radical (unpaired) electrons. The van der Waals surface area contributed by atoms with Crippen molar-refractivity contribution in [2.75, 3.05) is 12.4 Å². The smallest absolute Gasteiger partial charge is 0.352 e. The molecule has 0 saturated heterocycles. The fourth-order valence-electron chi connectivity index (χ4n) is 2.12. The molecule has 8 heteroatoms. The first-order valence-electron chi connectivity index (χ1n) is 7.47. The first kappa shape index (κ1) is 18.7. The molecule has 0 aliphatic rings. The van der Waals surface area contributed by atoms with Gasteiger partial charge in [-0.2, -0.15) is 0 Å². The van der Waals surface area contributed by atoms with Gasteiger partial charge in [-0.25, -0.2) is 4.79 Å². The van der Waals surface area contributed by atoms with Gasteiger partial charge in [0, 0.05) is 29.5 Å². The maximum absolute atomic E-state index is 12.3. The molecule has 0 heterocycles. The number of hydrogen-bond donors (Lipinski definition) is 2. The molecule has 0 aliphatic carbocycles. The molecule has 0 bridgehead atoms. The minimum Gasteiger partial charge on any atom is -0.497 e. The Morgan fingerprint density at radius 3 is 2.38 bits per heavy atom. The highest BCUT2D eigenvalue weighted by atomic mass is 16.6. The Balaban J connectivity index is 2.32. The quantitative estimate of drug-likeness (QED) is 0.338. The Labute approximate surface area is 148 Å². The third-order valence-corrected chi connectivity index (χ3v) is 3.58. The van der Waals surface area contributed by atoms with Crippen LogP contribution in [0.4, 0.5) is 11.4 Å². The Morgan fingerprint density at radius 2 is 1.85 bits per heavy atom. The number of nitro groups is 1. The standard InChI is InChI=1S/C18H16N2O6/c1-11-3-6-13(20(24)25)9-15(11)19-16(18(22)23)10-17(21)12-4-7-14(26-2)8-5-12/h3-10,19H,1-2H3,(H,22,23). The van der Waals surface area contributed by atoms with E-state index in [1.165, 1.54) is 37.4 Å². The minimum absolute atomic E-state index is 0.190. The molecule has 0 spiro atoms. The average molecular weight is 356 g/mol. The number of rotatable bonds is 7. The van der Waals surface area contributed by atoms with Crippen molar-refractivity contribution in [3.8, 4) is 5.75 Å². The number of carbonyl (C=O) groups is 2. The number of carbonyl (C=O) groups excluding carboxylic acids is 1. The van der Waals surface area contributed by atoms with Gasteiger partial charge >= 0.3 is 5.97 Å². The van der Waals surface area contributed by atoms with E-state index in [0.29, 0.717) is 11.3 Å². The number of allylic oxidation sites excluding steroid dienone is 1. The van der Waals surface area contributed by atoms with Crippen molar-refractivity contribution in [1.29, 1.82) is 0 Å². The van der Waals surface area contributed by atoms with Crippen LogP contribution in [-0.4, -0.2) is 28.9 Å². The molecule has 134 valence electrons. The van der Waals surface area contributed by atoms with E-state index < -0.39 is 22.4 Å². The highest BCUT2D eigenvalue weighted by Gasteiger charge is 2.15. The summed E-state index contributed by atoms with van der Waals surface area (Å²) in [4.78, 5) is 34.0. The van der Waals surface area contributed by atoms with Gasteiger partial charge in [0.1, 0.15) is 11.4 Å². The summed E-state index contributed by atoms with van der Waals surface area (Å²) in [5, 5.41) is 22.8. The van der Waals surface area contributed by atoms with Crippen molar-refractivity contribution >= 4 is 23.1 Å². The van der Waals surface area contributed by atoms with E-state index in [4.69, 9.17) is 4.74 Å². The number of nitrogens with one attached hydrogen (secondary N) is 1. The van der Waals surface area contributed by atoms with Crippen molar-refractivity contribution in [1.82, 2.24) is 0 Å². The molecule has 2 aromatic carbocycles. The summed E-state index contributed by atoms with van der Waals surface area (Å²) in [6, 6.07) is 10.2. The van der Waals surface area contributed by atoms with Crippen LogP contribution in [-0.2, 0) is 4.79 Å². The maximum Gasteiger partial charge on any atom is 0.352 e. The van der Waals surface area contributed by atoms with Gasteiger partial charge in [-0.3, -0.25) is 14.9 Å². The molecule has 0 aromatic heterocycles. The van der Waals surface area contributed by atoms with Gasteiger partial charge in [0.25, 0.3) is 5.69 Å². The number of non-ortho nitro benzene ring substituents is 1. The normalized spacial score (nSPS) is 10.9. The molecule has 2 rings (SSSR count). The van der Waals surface area contributed by atoms with Gasteiger partial charge < -0.3 is 15.2 Å². The zero-order valence-corrected chi connectivity index (χ0v) is 14.1. The summed E-state index contributed by atoms with van der Waals surface area (Å²) < 4.78 is 5.00. The van der Waals surface area contributed by atoms with Gasteiger partial charge in [-0.15, -0.1) is 0 Å². The van der Waals surface area contributed by atoms with Crippen molar-refractivity contribution in [3.63, 3.8) is 0 Å². The van der Waals surface area contributed by atoms with Gasteiger partial charge in [0.05, 0.1) is 12.0 Å². The van der Waals surface area contributed by atoms with Crippen LogP contribution in [0.2, 0.25) is 0 Å². The van der Waals surface area contributed by atoms with E-state index in [-0.39, 0.29) is 16.9 Å². The Kier molecular flexibility index (Phi) is 5.69. The molecule has 2 N–H and O–H groups in total. The average Bonchev–Trinajstić information content (AvgIpc) is 2.62. The molecule has 0 saturated carbocycles. The Bertz CT molecular complexity index is 887. The second kappa shape index (κ2) is 7.93. The van der Waals surface area contributed by atoms with Crippen molar-refractivity contribution in [3.05, 3.63) is 75.5 Å². The van der Waals surface area contributed by atoms with Crippen LogP contribution in [0.5, 0.6) is 5.75 Å². The maximum atomic E-state index is 12.3. The predicted octanol–water partition coefficient (Wildman–Crippen LogP) is 3.18. The molecular formula is C18H16N2O6. The van der Waals surface area contributed by atoms with Crippen LogP contribution in [0.1, 0.15) is 15.9 Å². The van der Waals surface area contributed by atoms with E-state index in [0.717, 1.165) is 6.08 Å². The predicted molar refractivity (Wildman–Crippen MR) is 94.5 cm³/mol. The van der Waals surface area contributed by atoms with Crippen LogP contribution >= 0.6 is 0 Å². The number of carboxylic acid groups (broad SMARTS) is 1. The highest BCUT2D eigenvalue weighted by molar-refractivity contribution is 6.09. The number of aryl methyl sites for hydroxylation is 1. The molecule has 0 aliphatic heterocycles. The lowest BCUT2D eigenvalue weighted by Gasteiger charge is -2.10. The number of ether oxygens (including phenoxy) is 1. The van der Waals surface area contributed by atoms with Gasteiger partial charge in [0.2, 0.25) is 0 Å². The lowest BCUT2D eigenvalue weighted by molar-refractivity contribution is -0.384. The minimum atomic E-state index is -1.36. The summed E-state index contributed by atoms with van der Waals surface area (Å²) in [7, 11) is 1.49. The molecule has 0 unspecified atom stereocenters. The van der Waals surface area contributed by atoms with Gasteiger partial charge in [-0.1, -0.05) is 6.07 Å². The zero-order chi connectivity index (χ0) is 19.3. The number of benzene rings is 2. The SMILES string of the molecule is COc1ccc(C(=O)C=C(Nc2cc([N+](=O)[O-])ccc2C)C(=O)O)cc1. The van der Waals surface area contributed by atoms with Crippen LogP contribution in [0, 0.1) is 17.0 Å². The second-order valence-corrected chi connectivity index (χ2v) is 5.34. The lowest BCUT2D eigenvalue weighted by Crippen LogP contribution is -2.13. The fraction of sp³-hybridized carbons (Fsp3) is 0.111. The third-order valence-electron chi connectivity index (χ3n) is 3.58. The topological polar surface area (TPSA) is 119 Å². The third kappa shape index (κ3) is 4.44. The summed E-state index contributed by atoms with van der Waals surface area (Å²) in [5.74, 6) is -1.33. The van der Waals surface area contributed by atoms with Crippen LogP contribution in [0.25, 0.3) is 0 Å². The van der Waals surface area contributed by atoms with E-state index in [1.54, 1.807) is 19.1 Å². The molecule has 0 amide bonds. The summed E-state index contributed by atoms with van der Waals surface area (Å²) >= 11 is 0. The van der Waals surface area contributed by atoms with Crippen LogP contribution < -0.4 is 10.1 Å². The van der Waals surface area contributed by atoms with E-state index in [2.05, 4.69) is 5.32 Å². The number of nitro benzene ring substituents is 1.